The maximum atomic E-state index is 13.2. The molecule has 0 spiro atoms. The van der Waals surface area contributed by atoms with Crippen LogP contribution in [-0.4, -0.2) is 6.54 Å². The van der Waals surface area contributed by atoms with E-state index in [0.717, 1.165) is 12.0 Å². The minimum atomic E-state index is -0.894. The van der Waals surface area contributed by atoms with E-state index in [0.29, 0.717) is 12.5 Å². The Bertz CT molecular complexity index is 320. The molecule has 0 aromatic heterocycles. The van der Waals surface area contributed by atoms with Crippen molar-refractivity contribution >= 4 is 0 Å². The zero-order valence-electron chi connectivity index (χ0n) is 9.76. The van der Waals surface area contributed by atoms with Gasteiger partial charge >= 0.3 is 0 Å². The molecule has 0 aliphatic carbocycles. The van der Waals surface area contributed by atoms with Gasteiger partial charge in [-0.25, -0.2) is 4.39 Å². The molecule has 1 aromatic rings. The SMILES string of the molecule is Cc1ccc(C(C)F)cc1C(C)CCN. The van der Waals surface area contributed by atoms with E-state index in [-0.39, 0.29) is 0 Å². The summed E-state index contributed by atoms with van der Waals surface area (Å²) in [6.45, 7) is 6.45. The first kappa shape index (κ1) is 12.2. The van der Waals surface area contributed by atoms with E-state index in [1.165, 1.54) is 11.1 Å². The molecule has 2 atom stereocenters. The number of halogens is 1. The summed E-state index contributed by atoms with van der Waals surface area (Å²) in [5.74, 6) is 0.411. The minimum absolute atomic E-state index is 0.411. The lowest BCUT2D eigenvalue weighted by molar-refractivity contribution is 0.374. The summed E-state index contributed by atoms with van der Waals surface area (Å²) in [7, 11) is 0. The Balaban J connectivity index is 2.99. The summed E-state index contributed by atoms with van der Waals surface area (Å²) >= 11 is 0. The molecule has 2 N–H and O–H groups in total. The maximum absolute atomic E-state index is 13.2. The Morgan fingerprint density at radius 1 is 1.33 bits per heavy atom. The smallest absolute Gasteiger partial charge is 0.122 e. The average molecular weight is 209 g/mol. The van der Waals surface area contributed by atoms with Crippen LogP contribution in [0.5, 0.6) is 0 Å². The molecule has 0 fully saturated rings. The highest BCUT2D eigenvalue weighted by Crippen LogP contribution is 2.26. The second kappa shape index (κ2) is 5.26. The molecule has 1 rings (SSSR count). The molecular weight excluding hydrogens is 189 g/mol. The molecule has 0 bridgehead atoms. The Morgan fingerprint density at radius 2 is 2.00 bits per heavy atom. The van der Waals surface area contributed by atoms with Gasteiger partial charge in [0.15, 0.2) is 0 Å². The van der Waals surface area contributed by atoms with Crippen molar-refractivity contribution in [1.29, 1.82) is 0 Å². The number of hydrogen-bond donors (Lipinski definition) is 1. The first-order valence-corrected chi connectivity index (χ1v) is 5.50. The molecular formula is C13H20FN. The first-order valence-electron chi connectivity index (χ1n) is 5.50. The molecule has 0 saturated carbocycles. The molecule has 0 saturated heterocycles. The minimum Gasteiger partial charge on any atom is -0.330 e. The maximum Gasteiger partial charge on any atom is 0.122 e. The highest BCUT2D eigenvalue weighted by molar-refractivity contribution is 5.34. The Kier molecular flexibility index (Phi) is 4.28. The molecule has 1 aromatic carbocycles. The van der Waals surface area contributed by atoms with E-state index in [1.807, 2.05) is 18.2 Å². The van der Waals surface area contributed by atoms with E-state index < -0.39 is 6.17 Å². The van der Waals surface area contributed by atoms with E-state index in [2.05, 4.69) is 13.8 Å². The van der Waals surface area contributed by atoms with Crippen molar-refractivity contribution in [3.05, 3.63) is 34.9 Å². The van der Waals surface area contributed by atoms with E-state index >= 15 is 0 Å². The number of rotatable bonds is 4. The molecule has 0 aliphatic rings. The fraction of sp³-hybridized carbons (Fsp3) is 0.538. The summed E-state index contributed by atoms with van der Waals surface area (Å²) < 4.78 is 13.2. The fourth-order valence-corrected chi connectivity index (χ4v) is 1.84. The van der Waals surface area contributed by atoms with Crippen molar-refractivity contribution < 1.29 is 4.39 Å². The van der Waals surface area contributed by atoms with Crippen LogP contribution in [0, 0.1) is 6.92 Å². The van der Waals surface area contributed by atoms with E-state index in [4.69, 9.17) is 5.73 Å². The summed E-state index contributed by atoms with van der Waals surface area (Å²) in [5.41, 5.74) is 8.75. The molecule has 2 unspecified atom stereocenters. The number of hydrogen-bond acceptors (Lipinski definition) is 1. The lowest BCUT2D eigenvalue weighted by Crippen LogP contribution is -2.06. The van der Waals surface area contributed by atoms with Crippen molar-refractivity contribution in [2.75, 3.05) is 6.54 Å². The molecule has 84 valence electrons. The number of alkyl halides is 1. The van der Waals surface area contributed by atoms with Crippen LogP contribution in [0.25, 0.3) is 0 Å². The van der Waals surface area contributed by atoms with Crippen LogP contribution in [-0.2, 0) is 0 Å². The highest BCUT2D eigenvalue weighted by Gasteiger charge is 2.10. The standard InChI is InChI=1S/C13H20FN/c1-9-4-5-12(11(3)14)8-13(9)10(2)6-7-15/h4-5,8,10-11H,6-7,15H2,1-3H3. The van der Waals surface area contributed by atoms with E-state index in [9.17, 15) is 4.39 Å². The average Bonchev–Trinajstić information content (AvgIpc) is 2.18. The molecule has 15 heavy (non-hydrogen) atoms. The van der Waals surface area contributed by atoms with Gasteiger partial charge in [0, 0.05) is 0 Å². The van der Waals surface area contributed by atoms with Gasteiger partial charge in [-0.05, 0) is 49.4 Å². The zero-order chi connectivity index (χ0) is 11.4. The predicted molar refractivity (Wildman–Crippen MR) is 62.8 cm³/mol. The van der Waals surface area contributed by atoms with Gasteiger partial charge in [0.1, 0.15) is 6.17 Å². The summed E-state index contributed by atoms with van der Waals surface area (Å²) in [5, 5.41) is 0. The quantitative estimate of drug-likeness (QED) is 0.807. The van der Waals surface area contributed by atoms with Gasteiger partial charge in [-0.3, -0.25) is 0 Å². The van der Waals surface area contributed by atoms with Gasteiger partial charge in [0.25, 0.3) is 0 Å². The third kappa shape index (κ3) is 3.03. The van der Waals surface area contributed by atoms with Crippen LogP contribution >= 0.6 is 0 Å². The number of nitrogens with two attached hydrogens (primary N) is 1. The van der Waals surface area contributed by atoms with Crippen molar-refractivity contribution in [2.45, 2.75) is 39.3 Å². The van der Waals surface area contributed by atoms with Gasteiger partial charge in [0.05, 0.1) is 0 Å². The lowest BCUT2D eigenvalue weighted by Gasteiger charge is -2.15. The number of aryl methyl sites for hydroxylation is 1. The third-order valence-corrected chi connectivity index (χ3v) is 2.89. The van der Waals surface area contributed by atoms with Gasteiger partial charge in [-0.15, -0.1) is 0 Å². The van der Waals surface area contributed by atoms with Crippen molar-refractivity contribution in [3.63, 3.8) is 0 Å². The summed E-state index contributed by atoms with van der Waals surface area (Å²) in [6, 6.07) is 5.83. The van der Waals surface area contributed by atoms with Gasteiger partial charge in [-0.1, -0.05) is 25.1 Å². The Morgan fingerprint density at radius 3 is 2.53 bits per heavy atom. The van der Waals surface area contributed by atoms with Crippen molar-refractivity contribution in [2.24, 2.45) is 5.73 Å². The molecule has 2 heteroatoms. The van der Waals surface area contributed by atoms with E-state index in [1.54, 1.807) is 6.92 Å². The van der Waals surface area contributed by atoms with Crippen LogP contribution in [0.4, 0.5) is 4.39 Å². The Labute approximate surface area is 91.5 Å². The van der Waals surface area contributed by atoms with Crippen LogP contribution in [0.2, 0.25) is 0 Å². The normalized spacial score (nSPS) is 15.0. The van der Waals surface area contributed by atoms with Gasteiger partial charge in [-0.2, -0.15) is 0 Å². The second-order valence-electron chi connectivity index (χ2n) is 4.21. The van der Waals surface area contributed by atoms with Gasteiger partial charge in [0.2, 0.25) is 0 Å². The lowest BCUT2D eigenvalue weighted by atomic mass is 9.91. The third-order valence-electron chi connectivity index (χ3n) is 2.89. The molecule has 1 nitrogen and oxygen atoms in total. The molecule has 0 aliphatic heterocycles. The monoisotopic (exact) mass is 209 g/mol. The second-order valence-corrected chi connectivity index (χ2v) is 4.21. The summed E-state index contributed by atoms with van der Waals surface area (Å²) in [6.07, 6.45) is 0.0553. The molecule has 0 heterocycles. The predicted octanol–water partition coefficient (Wildman–Crippen LogP) is 3.48. The van der Waals surface area contributed by atoms with Gasteiger partial charge < -0.3 is 5.73 Å². The van der Waals surface area contributed by atoms with Crippen molar-refractivity contribution in [1.82, 2.24) is 0 Å². The fourth-order valence-electron chi connectivity index (χ4n) is 1.84. The molecule has 0 amide bonds. The highest BCUT2D eigenvalue weighted by atomic mass is 19.1. The number of benzene rings is 1. The first-order chi connectivity index (χ1) is 7.06. The topological polar surface area (TPSA) is 26.0 Å². The van der Waals surface area contributed by atoms with Crippen LogP contribution in [0.1, 0.15) is 49.0 Å². The van der Waals surface area contributed by atoms with Crippen LogP contribution in [0.15, 0.2) is 18.2 Å². The van der Waals surface area contributed by atoms with Crippen molar-refractivity contribution in [3.8, 4) is 0 Å². The Hall–Kier alpha value is -0.890. The zero-order valence-corrected chi connectivity index (χ0v) is 9.76. The summed E-state index contributed by atoms with van der Waals surface area (Å²) in [4.78, 5) is 0. The van der Waals surface area contributed by atoms with Crippen LogP contribution < -0.4 is 5.73 Å². The molecule has 0 radical (unpaired) electrons. The van der Waals surface area contributed by atoms with Crippen LogP contribution in [0.3, 0.4) is 0 Å². The largest absolute Gasteiger partial charge is 0.330 e.